The Balaban J connectivity index is 0.00000264. The van der Waals surface area contributed by atoms with Crippen molar-refractivity contribution < 1.29 is 13.2 Å². The first-order valence-electron chi connectivity index (χ1n) is 7.54. The molecule has 9 heteroatoms. The number of carbonyl (C=O) groups is 1. The van der Waals surface area contributed by atoms with Gasteiger partial charge in [0.1, 0.15) is 4.21 Å². The summed E-state index contributed by atoms with van der Waals surface area (Å²) in [6.07, 6.45) is 2.80. The molecule has 1 amide bonds. The maximum atomic E-state index is 12.2. The third-order valence-electron chi connectivity index (χ3n) is 3.81. The van der Waals surface area contributed by atoms with Crippen LogP contribution in [0.2, 0.25) is 0 Å². The quantitative estimate of drug-likeness (QED) is 0.782. The average molecular weight is 382 g/mol. The number of amides is 1. The Labute approximate surface area is 147 Å². The molecular formula is C14H24ClN3O3S2. The van der Waals surface area contributed by atoms with E-state index in [1.807, 2.05) is 6.92 Å². The largest absolute Gasteiger partial charge is 0.341 e. The van der Waals surface area contributed by atoms with Crippen molar-refractivity contribution in [3.63, 3.8) is 0 Å². The Morgan fingerprint density at radius 2 is 2.13 bits per heavy atom. The highest BCUT2D eigenvalue weighted by Gasteiger charge is 2.28. The smallest absolute Gasteiger partial charge is 0.250 e. The molecule has 0 spiro atoms. The number of hydrogen-bond acceptors (Lipinski definition) is 5. The van der Waals surface area contributed by atoms with E-state index in [0.29, 0.717) is 36.6 Å². The number of nitrogens with zero attached hydrogens (tertiary/aromatic N) is 1. The lowest BCUT2D eigenvalue weighted by Gasteiger charge is -2.33. The van der Waals surface area contributed by atoms with Gasteiger partial charge in [0.15, 0.2) is 0 Å². The summed E-state index contributed by atoms with van der Waals surface area (Å²) in [6, 6.07) is 2.74. The zero-order valence-corrected chi connectivity index (χ0v) is 15.6. The number of carbonyl (C=O) groups excluding carboxylic acids is 1. The molecular weight excluding hydrogens is 358 g/mol. The van der Waals surface area contributed by atoms with Gasteiger partial charge in [0, 0.05) is 19.1 Å². The summed E-state index contributed by atoms with van der Waals surface area (Å²) in [5.41, 5.74) is 5.86. The van der Waals surface area contributed by atoms with Gasteiger partial charge in [-0.05, 0) is 30.7 Å². The Hall–Kier alpha value is -0.670. The molecule has 3 N–H and O–H groups in total. The predicted molar refractivity (Wildman–Crippen MR) is 94.4 cm³/mol. The summed E-state index contributed by atoms with van der Waals surface area (Å²) in [7, 11) is -3.44. The topological polar surface area (TPSA) is 92.5 Å². The fourth-order valence-electron chi connectivity index (χ4n) is 2.58. The van der Waals surface area contributed by atoms with E-state index < -0.39 is 16.1 Å². The second-order valence-corrected chi connectivity index (χ2v) is 8.44. The summed E-state index contributed by atoms with van der Waals surface area (Å²) in [6.45, 7) is 3.10. The summed E-state index contributed by atoms with van der Waals surface area (Å²) < 4.78 is 27.4. The lowest BCUT2D eigenvalue weighted by molar-refractivity contribution is -0.133. The van der Waals surface area contributed by atoms with Gasteiger partial charge in [-0.3, -0.25) is 4.79 Å². The predicted octanol–water partition coefficient (Wildman–Crippen LogP) is 1.57. The summed E-state index contributed by atoms with van der Waals surface area (Å²) in [4.78, 5) is 13.9. The van der Waals surface area contributed by atoms with Crippen molar-refractivity contribution in [2.24, 2.45) is 5.73 Å². The molecule has 1 aromatic rings. The zero-order valence-electron chi connectivity index (χ0n) is 13.1. The van der Waals surface area contributed by atoms with Crippen LogP contribution in [-0.2, 0) is 14.8 Å². The molecule has 1 aliphatic heterocycles. The third kappa shape index (κ3) is 5.42. The first-order valence-corrected chi connectivity index (χ1v) is 9.90. The normalized spacial score (nSPS) is 17.6. The highest BCUT2D eigenvalue weighted by Crippen LogP contribution is 2.19. The number of nitrogens with two attached hydrogens (primary N) is 1. The van der Waals surface area contributed by atoms with Crippen molar-refractivity contribution in [2.75, 3.05) is 13.1 Å². The second-order valence-electron chi connectivity index (χ2n) is 5.55. The zero-order chi connectivity index (χ0) is 16.2. The molecule has 1 aromatic heterocycles. The molecule has 23 heavy (non-hydrogen) atoms. The van der Waals surface area contributed by atoms with Gasteiger partial charge in [0.05, 0.1) is 6.04 Å². The molecule has 1 aliphatic rings. The standard InChI is InChI=1S/C14H23N3O3S2.ClH/c1-2-4-12(15)14(18)17-8-6-11(7-9-17)16-22(19,20)13-5-3-10-21-13;/h3,5,10-12,16H,2,4,6-9,15H2,1H3;1H. The lowest BCUT2D eigenvalue weighted by atomic mass is 10.0. The van der Waals surface area contributed by atoms with Crippen molar-refractivity contribution in [1.29, 1.82) is 0 Å². The third-order valence-corrected chi connectivity index (χ3v) is 6.72. The number of thiophene rings is 1. The minimum absolute atomic E-state index is 0. The molecule has 2 rings (SSSR count). The van der Waals surface area contributed by atoms with Gasteiger partial charge >= 0.3 is 0 Å². The van der Waals surface area contributed by atoms with Gasteiger partial charge in [-0.15, -0.1) is 23.7 Å². The molecule has 0 saturated carbocycles. The maximum Gasteiger partial charge on any atom is 0.250 e. The van der Waals surface area contributed by atoms with E-state index in [1.165, 1.54) is 11.3 Å². The summed E-state index contributed by atoms with van der Waals surface area (Å²) >= 11 is 1.20. The van der Waals surface area contributed by atoms with Crippen LogP contribution in [0.5, 0.6) is 0 Å². The average Bonchev–Trinajstić information content (AvgIpc) is 3.02. The molecule has 0 aromatic carbocycles. The molecule has 1 atom stereocenters. The van der Waals surface area contributed by atoms with Crippen molar-refractivity contribution in [3.8, 4) is 0 Å². The van der Waals surface area contributed by atoms with E-state index in [0.717, 1.165) is 6.42 Å². The number of piperidine rings is 1. The van der Waals surface area contributed by atoms with Crippen LogP contribution in [0, 0.1) is 0 Å². The number of nitrogens with one attached hydrogen (secondary N) is 1. The fraction of sp³-hybridized carbons (Fsp3) is 0.643. The van der Waals surface area contributed by atoms with Crippen LogP contribution in [0.3, 0.4) is 0 Å². The minimum atomic E-state index is -3.44. The Morgan fingerprint density at radius 1 is 1.48 bits per heavy atom. The monoisotopic (exact) mass is 381 g/mol. The minimum Gasteiger partial charge on any atom is -0.341 e. The molecule has 132 valence electrons. The Bertz CT molecular complexity index is 584. The molecule has 0 bridgehead atoms. The molecule has 6 nitrogen and oxygen atoms in total. The van der Waals surface area contributed by atoms with Gasteiger partial charge in [0.25, 0.3) is 0 Å². The van der Waals surface area contributed by atoms with E-state index in [-0.39, 0.29) is 24.4 Å². The van der Waals surface area contributed by atoms with Crippen LogP contribution >= 0.6 is 23.7 Å². The maximum absolute atomic E-state index is 12.2. The van der Waals surface area contributed by atoms with E-state index >= 15 is 0 Å². The van der Waals surface area contributed by atoms with Gasteiger partial charge < -0.3 is 10.6 Å². The first-order chi connectivity index (χ1) is 10.4. The molecule has 1 unspecified atom stereocenters. The van der Waals surface area contributed by atoms with Crippen molar-refractivity contribution in [3.05, 3.63) is 17.5 Å². The van der Waals surface area contributed by atoms with Crippen molar-refractivity contribution in [2.45, 2.75) is 48.9 Å². The molecule has 0 radical (unpaired) electrons. The molecule has 1 saturated heterocycles. The lowest BCUT2D eigenvalue weighted by Crippen LogP contribution is -2.50. The molecule has 0 aliphatic carbocycles. The van der Waals surface area contributed by atoms with Crippen molar-refractivity contribution >= 4 is 39.7 Å². The van der Waals surface area contributed by atoms with Crippen LogP contribution in [0.15, 0.2) is 21.7 Å². The van der Waals surface area contributed by atoms with Gasteiger partial charge in [-0.25, -0.2) is 13.1 Å². The summed E-state index contributed by atoms with van der Waals surface area (Å²) in [5.74, 6) is -0.0265. The van der Waals surface area contributed by atoms with E-state index in [2.05, 4.69) is 4.72 Å². The van der Waals surface area contributed by atoms with Gasteiger partial charge in [0.2, 0.25) is 15.9 Å². The van der Waals surface area contributed by atoms with Crippen LogP contribution in [-0.4, -0.2) is 44.4 Å². The number of halogens is 1. The highest BCUT2D eigenvalue weighted by atomic mass is 35.5. The van der Waals surface area contributed by atoms with Crippen molar-refractivity contribution in [1.82, 2.24) is 9.62 Å². The number of hydrogen-bond donors (Lipinski definition) is 2. The van der Waals surface area contributed by atoms with Crippen LogP contribution < -0.4 is 10.5 Å². The Morgan fingerprint density at radius 3 is 2.65 bits per heavy atom. The summed E-state index contributed by atoms with van der Waals surface area (Å²) in [5, 5.41) is 1.74. The van der Waals surface area contributed by atoms with E-state index in [4.69, 9.17) is 5.73 Å². The highest BCUT2D eigenvalue weighted by molar-refractivity contribution is 7.91. The van der Waals surface area contributed by atoms with Gasteiger partial charge in [-0.1, -0.05) is 19.4 Å². The fourth-order valence-corrected chi connectivity index (χ4v) is 4.90. The number of rotatable bonds is 6. The number of likely N-dealkylation sites (tertiary alicyclic amines) is 1. The number of sulfonamides is 1. The molecule has 1 fully saturated rings. The van der Waals surface area contributed by atoms with Crippen LogP contribution in [0.1, 0.15) is 32.6 Å². The first kappa shape index (κ1) is 20.4. The SMILES string of the molecule is CCCC(N)C(=O)N1CCC(NS(=O)(=O)c2cccs2)CC1.Cl. The van der Waals surface area contributed by atoms with E-state index in [9.17, 15) is 13.2 Å². The van der Waals surface area contributed by atoms with E-state index in [1.54, 1.807) is 22.4 Å². The van der Waals surface area contributed by atoms with Gasteiger partial charge in [-0.2, -0.15) is 0 Å². The van der Waals surface area contributed by atoms with Crippen LogP contribution in [0.4, 0.5) is 0 Å². The molecule has 2 heterocycles. The van der Waals surface area contributed by atoms with Crippen LogP contribution in [0.25, 0.3) is 0 Å². The Kier molecular flexibility index (Phi) is 7.96. The second kappa shape index (κ2) is 8.98.